The van der Waals surface area contributed by atoms with Crippen LogP contribution < -0.4 is 0 Å². The van der Waals surface area contributed by atoms with Gasteiger partial charge in [-0.05, 0) is 25.8 Å². The van der Waals surface area contributed by atoms with Crippen LogP contribution in [-0.4, -0.2) is 19.4 Å². The molecule has 0 fully saturated rings. The van der Waals surface area contributed by atoms with Gasteiger partial charge in [-0.2, -0.15) is 0 Å². The van der Waals surface area contributed by atoms with Crippen LogP contribution in [0, 0.1) is 5.92 Å². The van der Waals surface area contributed by atoms with Crippen LogP contribution in [0.4, 0.5) is 4.79 Å². The molecule has 13 heavy (non-hydrogen) atoms. The lowest BCUT2D eigenvalue weighted by molar-refractivity contribution is 0.0549. The van der Waals surface area contributed by atoms with Crippen LogP contribution in [0.15, 0.2) is 11.6 Å². The third kappa shape index (κ3) is 8.92. The Bertz CT molecular complexity index is 179. The molecule has 0 N–H and O–H groups in total. The number of hydrogen-bond donors (Lipinski definition) is 0. The predicted molar refractivity (Wildman–Crippen MR) is 51.6 cm³/mol. The van der Waals surface area contributed by atoms with Gasteiger partial charge >= 0.3 is 6.16 Å². The van der Waals surface area contributed by atoms with Crippen molar-refractivity contribution in [3.8, 4) is 0 Å². The molecule has 0 heterocycles. The van der Waals surface area contributed by atoms with E-state index in [0.717, 1.165) is 5.57 Å². The van der Waals surface area contributed by atoms with Gasteiger partial charge in [0.15, 0.2) is 0 Å². The Morgan fingerprint density at radius 3 is 2.38 bits per heavy atom. The van der Waals surface area contributed by atoms with Crippen LogP contribution in [0.2, 0.25) is 0 Å². The Morgan fingerprint density at radius 2 is 1.92 bits per heavy atom. The first-order chi connectivity index (χ1) is 6.02. The van der Waals surface area contributed by atoms with Crippen molar-refractivity contribution in [1.82, 2.24) is 0 Å². The second-order valence-corrected chi connectivity index (χ2v) is 3.55. The number of hydrogen-bond acceptors (Lipinski definition) is 3. The van der Waals surface area contributed by atoms with Gasteiger partial charge in [-0.3, -0.25) is 0 Å². The molecule has 0 amide bonds. The van der Waals surface area contributed by atoms with Gasteiger partial charge in [0.25, 0.3) is 0 Å². The summed E-state index contributed by atoms with van der Waals surface area (Å²) in [5, 5.41) is 0. The summed E-state index contributed by atoms with van der Waals surface area (Å²) in [6, 6.07) is 0. The molecular weight excluding hydrogens is 168 g/mol. The summed E-state index contributed by atoms with van der Waals surface area (Å²) in [7, 11) is 0. The molecule has 0 aliphatic rings. The number of rotatable bonds is 4. The summed E-state index contributed by atoms with van der Waals surface area (Å²) in [5.41, 5.74) is 1.12. The van der Waals surface area contributed by atoms with Gasteiger partial charge < -0.3 is 9.47 Å². The molecule has 3 heteroatoms. The maximum Gasteiger partial charge on any atom is 0.508 e. The minimum atomic E-state index is -0.591. The zero-order chi connectivity index (χ0) is 10.3. The minimum Gasteiger partial charge on any atom is -0.434 e. The van der Waals surface area contributed by atoms with Gasteiger partial charge in [-0.25, -0.2) is 4.79 Å². The molecule has 0 radical (unpaired) electrons. The Balaban J connectivity index is 3.47. The molecule has 76 valence electrons. The fourth-order valence-electron chi connectivity index (χ4n) is 0.553. The molecule has 0 aliphatic carbocycles. The third-order valence-corrected chi connectivity index (χ3v) is 1.23. The summed E-state index contributed by atoms with van der Waals surface area (Å²) in [5.74, 6) is 0.344. The predicted octanol–water partition coefficient (Wildman–Crippen LogP) is 2.76. The minimum absolute atomic E-state index is 0.291. The fraction of sp³-hybridized carbons (Fsp3) is 0.700. The normalized spacial score (nSPS) is 9.62. The van der Waals surface area contributed by atoms with E-state index in [9.17, 15) is 4.79 Å². The van der Waals surface area contributed by atoms with Crippen LogP contribution in [0.25, 0.3) is 0 Å². The molecule has 0 aromatic heterocycles. The summed E-state index contributed by atoms with van der Waals surface area (Å²) < 4.78 is 9.56. The second kappa shape index (κ2) is 6.52. The number of ether oxygens (including phenoxy) is 2. The first kappa shape index (κ1) is 12.0. The fourth-order valence-corrected chi connectivity index (χ4v) is 0.553. The van der Waals surface area contributed by atoms with Crippen molar-refractivity contribution in [2.45, 2.75) is 27.7 Å². The van der Waals surface area contributed by atoms with E-state index in [1.54, 1.807) is 0 Å². The molecule has 0 spiro atoms. The molecule has 0 saturated heterocycles. The maximum atomic E-state index is 10.9. The second-order valence-electron chi connectivity index (χ2n) is 3.55. The van der Waals surface area contributed by atoms with E-state index >= 15 is 0 Å². The smallest absolute Gasteiger partial charge is 0.434 e. The third-order valence-electron chi connectivity index (χ3n) is 1.23. The van der Waals surface area contributed by atoms with Crippen LogP contribution in [0.1, 0.15) is 27.7 Å². The van der Waals surface area contributed by atoms with E-state index in [2.05, 4.69) is 0 Å². The molecule has 0 unspecified atom stereocenters. The first-order valence-corrected chi connectivity index (χ1v) is 4.45. The van der Waals surface area contributed by atoms with Gasteiger partial charge in [0.2, 0.25) is 0 Å². The van der Waals surface area contributed by atoms with Crippen LogP contribution in [0.3, 0.4) is 0 Å². The SMILES string of the molecule is CC(C)=CCOC(=O)OCC(C)C. The number of carbonyl (C=O) groups is 1. The lowest BCUT2D eigenvalue weighted by Gasteiger charge is -2.06. The molecule has 0 rings (SSSR count). The van der Waals surface area contributed by atoms with Crippen LogP contribution in [-0.2, 0) is 9.47 Å². The first-order valence-electron chi connectivity index (χ1n) is 4.45. The van der Waals surface area contributed by atoms with Gasteiger partial charge in [0.1, 0.15) is 6.61 Å². The van der Waals surface area contributed by atoms with Crippen molar-refractivity contribution in [1.29, 1.82) is 0 Å². The zero-order valence-corrected chi connectivity index (χ0v) is 8.79. The zero-order valence-electron chi connectivity index (χ0n) is 8.79. The Labute approximate surface area is 79.7 Å². The maximum absolute atomic E-state index is 10.9. The van der Waals surface area contributed by atoms with Crippen molar-refractivity contribution >= 4 is 6.16 Å². The van der Waals surface area contributed by atoms with Gasteiger partial charge in [-0.15, -0.1) is 0 Å². The van der Waals surface area contributed by atoms with Gasteiger partial charge in [-0.1, -0.05) is 19.4 Å². The standard InChI is InChI=1S/C10H18O3/c1-8(2)5-6-12-10(11)13-7-9(3)4/h5,9H,6-7H2,1-4H3. The highest BCUT2D eigenvalue weighted by Crippen LogP contribution is 1.95. The molecule has 0 aromatic carbocycles. The number of allylic oxidation sites excluding steroid dienone is 1. The average molecular weight is 186 g/mol. The van der Waals surface area contributed by atoms with E-state index in [4.69, 9.17) is 9.47 Å². The molecular formula is C10H18O3. The molecule has 0 saturated carbocycles. The summed E-state index contributed by atoms with van der Waals surface area (Å²) in [4.78, 5) is 10.9. The Hall–Kier alpha value is -0.990. The van der Waals surface area contributed by atoms with E-state index < -0.39 is 6.16 Å². The van der Waals surface area contributed by atoms with E-state index in [1.165, 1.54) is 0 Å². The lowest BCUT2D eigenvalue weighted by atomic mass is 10.2. The summed E-state index contributed by atoms with van der Waals surface area (Å²) >= 11 is 0. The largest absolute Gasteiger partial charge is 0.508 e. The van der Waals surface area contributed by atoms with Crippen LogP contribution >= 0.6 is 0 Å². The van der Waals surface area contributed by atoms with Gasteiger partial charge in [0.05, 0.1) is 6.61 Å². The highest BCUT2D eigenvalue weighted by molar-refractivity contribution is 5.59. The van der Waals surface area contributed by atoms with Gasteiger partial charge in [0, 0.05) is 0 Å². The molecule has 0 bridgehead atoms. The summed E-state index contributed by atoms with van der Waals surface area (Å²) in [6.07, 6.45) is 1.24. The molecule has 3 nitrogen and oxygen atoms in total. The highest BCUT2D eigenvalue weighted by Gasteiger charge is 2.03. The topological polar surface area (TPSA) is 35.5 Å². The quantitative estimate of drug-likeness (QED) is 0.500. The van der Waals surface area contributed by atoms with Crippen molar-refractivity contribution in [3.05, 3.63) is 11.6 Å². The highest BCUT2D eigenvalue weighted by atomic mass is 16.7. The van der Waals surface area contributed by atoms with Crippen molar-refractivity contribution in [2.24, 2.45) is 5.92 Å². The average Bonchev–Trinajstić information content (AvgIpc) is 2.00. The van der Waals surface area contributed by atoms with E-state index in [-0.39, 0.29) is 0 Å². The summed E-state index contributed by atoms with van der Waals surface area (Å²) in [6.45, 7) is 8.55. The van der Waals surface area contributed by atoms with Crippen LogP contribution in [0.5, 0.6) is 0 Å². The van der Waals surface area contributed by atoms with E-state index in [0.29, 0.717) is 19.1 Å². The van der Waals surface area contributed by atoms with Crippen molar-refractivity contribution in [3.63, 3.8) is 0 Å². The molecule has 0 aromatic rings. The Kier molecular flexibility index (Phi) is 6.02. The van der Waals surface area contributed by atoms with E-state index in [1.807, 2.05) is 33.8 Å². The number of carbonyl (C=O) groups excluding carboxylic acids is 1. The molecule has 0 atom stereocenters. The molecule has 0 aliphatic heterocycles. The van der Waals surface area contributed by atoms with Crippen molar-refractivity contribution in [2.75, 3.05) is 13.2 Å². The lowest BCUT2D eigenvalue weighted by Crippen LogP contribution is -2.11. The monoisotopic (exact) mass is 186 g/mol. The Morgan fingerprint density at radius 1 is 1.31 bits per heavy atom. The van der Waals surface area contributed by atoms with Crippen molar-refractivity contribution < 1.29 is 14.3 Å².